The topological polar surface area (TPSA) is 222 Å². The van der Waals surface area contributed by atoms with E-state index in [0.717, 1.165) is 155 Å². The van der Waals surface area contributed by atoms with Gasteiger partial charge in [-0.15, -0.1) is 0 Å². The third-order valence-electron chi connectivity index (χ3n) is 10.5. The Morgan fingerprint density at radius 3 is 1.04 bits per heavy atom. The highest BCUT2D eigenvalue weighted by Crippen LogP contribution is 2.24. The second-order valence-electron chi connectivity index (χ2n) is 19.1. The monoisotopic (exact) mass is 1110 g/mol. The van der Waals surface area contributed by atoms with Crippen molar-refractivity contribution in [2.24, 2.45) is 11.5 Å². The highest BCUT2D eigenvalue weighted by atomic mass is 79.9. The van der Waals surface area contributed by atoms with Gasteiger partial charge in [-0.2, -0.15) is 26.3 Å². The molecule has 0 bridgehead atoms. The number of carbonyl (C=O) groups excluding carboxylic acids is 4. The number of rotatable bonds is 14. The summed E-state index contributed by atoms with van der Waals surface area (Å²) in [7, 11) is 6.89. The van der Waals surface area contributed by atoms with E-state index in [4.69, 9.17) is 35.2 Å². The van der Waals surface area contributed by atoms with Gasteiger partial charge in [0.1, 0.15) is 11.2 Å². The first-order valence-electron chi connectivity index (χ1n) is 24.1. The van der Waals surface area contributed by atoms with Gasteiger partial charge in [0.2, 0.25) is 0 Å². The Labute approximate surface area is 427 Å². The molecule has 0 aliphatic carbocycles. The van der Waals surface area contributed by atoms with Gasteiger partial charge < -0.3 is 70.5 Å². The lowest BCUT2D eigenvalue weighted by Crippen LogP contribution is -2.46. The molecule has 7 N–H and O–H groups in total. The Bertz CT molecular complexity index is 1330. The molecule has 4 rings (SSSR count). The van der Waals surface area contributed by atoms with Crippen LogP contribution >= 0.6 is 15.9 Å². The number of amides is 2. The maximum atomic E-state index is 11.6. The van der Waals surface area contributed by atoms with Crippen LogP contribution in [-0.4, -0.2) is 218 Å². The summed E-state index contributed by atoms with van der Waals surface area (Å²) in [6, 6.07) is 1.38. The van der Waals surface area contributed by atoms with Gasteiger partial charge in [-0.25, -0.2) is 9.59 Å². The standard InChI is InChI=1S/C13H26N2O3.C10H20N2O2.2C8H18N2O.C4F6O2.C3H7BrO/c1-13(2,3)18-12(16)14-11-5-7-15(8-6-11)9-10-17-4;1-10(2,3)14-9(13)12-8-4-6-11-7-5-8;2*1-11-7-6-10-4-2-8(9)3-5-10;5-3(6,7)1(11)2(12)4(8,9)10;1-5-3-2-4/h11H,5-10H2,1-4H3,(H,14,16);8,11H,4-7H2,1-3H3,(H,12,13);2*8H,2-7,9H2,1H3;;2-3H2,1H3. The molecule has 0 saturated carbocycles. The number of hydrogen-bond donors (Lipinski definition) is 5. The Balaban J connectivity index is 0. The number of piperidine rings is 4. The van der Waals surface area contributed by atoms with Crippen molar-refractivity contribution in [1.29, 1.82) is 0 Å². The fraction of sp³-hybridized carbons (Fsp3) is 0.913. The van der Waals surface area contributed by atoms with Gasteiger partial charge in [-0.1, -0.05) is 15.9 Å². The Morgan fingerprint density at radius 1 is 0.521 bits per heavy atom. The summed E-state index contributed by atoms with van der Waals surface area (Å²) < 4.78 is 97.1. The molecular weight excluding hydrogens is 1020 g/mol. The lowest BCUT2D eigenvalue weighted by atomic mass is 10.1. The van der Waals surface area contributed by atoms with Crippen LogP contribution in [0.25, 0.3) is 0 Å². The minimum absolute atomic E-state index is 0.235. The predicted molar refractivity (Wildman–Crippen MR) is 265 cm³/mol. The van der Waals surface area contributed by atoms with Gasteiger partial charge in [-0.05, 0) is 132 Å². The van der Waals surface area contributed by atoms with E-state index in [2.05, 4.69) is 51.3 Å². The van der Waals surface area contributed by atoms with Crippen LogP contribution in [0, 0.1) is 0 Å². The van der Waals surface area contributed by atoms with Crippen LogP contribution in [0.4, 0.5) is 35.9 Å². The first kappa shape index (κ1) is 70.6. The first-order valence-corrected chi connectivity index (χ1v) is 25.3. The molecule has 422 valence electrons. The van der Waals surface area contributed by atoms with Crippen LogP contribution in [0.1, 0.15) is 92.9 Å². The molecule has 0 unspecified atom stereocenters. The van der Waals surface area contributed by atoms with E-state index in [1.807, 2.05) is 41.5 Å². The van der Waals surface area contributed by atoms with E-state index in [-0.39, 0.29) is 24.3 Å². The molecule has 2 amide bonds. The van der Waals surface area contributed by atoms with Crippen molar-refractivity contribution < 1.29 is 73.9 Å². The molecular formula is C46H89BrF6N8O10. The molecule has 25 heteroatoms. The number of alkyl carbamates (subject to hydrolysis) is 2. The van der Waals surface area contributed by atoms with Crippen molar-refractivity contribution >= 4 is 39.7 Å². The smallest absolute Gasteiger partial charge is 0.444 e. The quantitative estimate of drug-likeness (QED) is 0.0849. The van der Waals surface area contributed by atoms with E-state index < -0.39 is 35.1 Å². The molecule has 0 radical (unpaired) electrons. The molecule has 0 aromatic heterocycles. The third-order valence-corrected chi connectivity index (χ3v) is 10.8. The van der Waals surface area contributed by atoms with Gasteiger partial charge in [0.05, 0.1) is 26.4 Å². The van der Waals surface area contributed by atoms with Crippen LogP contribution in [0.3, 0.4) is 0 Å². The highest BCUT2D eigenvalue weighted by molar-refractivity contribution is 9.09. The molecule has 71 heavy (non-hydrogen) atoms. The van der Waals surface area contributed by atoms with Crippen LogP contribution in [0.5, 0.6) is 0 Å². The zero-order valence-corrected chi connectivity index (χ0v) is 45.6. The second-order valence-corrected chi connectivity index (χ2v) is 19.9. The highest BCUT2D eigenvalue weighted by Gasteiger charge is 2.54. The molecule has 0 atom stereocenters. The number of methoxy groups -OCH3 is 4. The molecule has 4 aliphatic heterocycles. The first-order chi connectivity index (χ1) is 33.0. The summed E-state index contributed by atoms with van der Waals surface area (Å²) in [6.45, 7) is 26.1. The number of ether oxygens (including phenoxy) is 6. The van der Waals surface area contributed by atoms with Crippen LogP contribution < -0.4 is 27.4 Å². The molecule has 4 aliphatic rings. The Kier molecular flexibility index (Phi) is 38.8. The molecule has 18 nitrogen and oxygen atoms in total. The number of halogens is 7. The van der Waals surface area contributed by atoms with Crippen LogP contribution in [-0.2, 0) is 38.0 Å². The average Bonchev–Trinajstić information content (AvgIpc) is 3.28. The minimum Gasteiger partial charge on any atom is -0.444 e. The molecule has 4 heterocycles. The number of alkyl halides is 7. The number of nitrogens with zero attached hydrogens (tertiary/aromatic N) is 3. The average molecular weight is 1110 g/mol. The number of likely N-dealkylation sites (tertiary alicyclic amines) is 3. The molecule has 0 aromatic carbocycles. The number of nitrogens with two attached hydrogens (primary N) is 2. The largest absolute Gasteiger partial charge is 0.458 e. The number of ketones is 2. The summed E-state index contributed by atoms with van der Waals surface area (Å²) in [5.41, 5.74) is 10.7. The van der Waals surface area contributed by atoms with E-state index >= 15 is 0 Å². The molecule has 0 aromatic rings. The van der Waals surface area contributed by atoms with Gasteiger partial charge in [0.15, 0.2) is 0 Å². The van der Waals surface area contributed by atoms with Crippen molar-refractivity contribution in [2.75, 3.05) is 132 Å². The van der Waals surface area contributed by atoms with Gasteiger partial charge in [0, 0.05) is 90.7 Å². The Hall–Kier alpha value is -2.46. The third kappa shape index (κ3) is 41.6. The van der Waals surface area contributed by atoms with Crippen molar-refractivity contribution in [2.45, 2.75) is 141 Å². The summed E-state index contributed by atoms with van der Waals surface area (Å²) in [6.07, 6.45) is -3.66. The maximum absolute atomic E-state index is 11.6. The normalized spacial score (nSPS) is 18.2. The van der Waals surface area contributed by atoms with E-state index in [9.17, 15) is 45.5 Å². The van der Waals surface area contributed by atoms with Crippen molar-refractivity contribution in [3.8, 4) is 0 Å². The fourth-order valence-corrected chi connectivity index (χ4v) is 6.89. The van der Waals surface area contributed by atoms with Crippen LogP contribution in [0.2, 0.25) is 0 Å². The SMILES string of the molecule is CC(C)(C)OC(=O)NC1CCNCC1.COCCBr.COCCN1CCC(N)CC1.COCCN1CCC(N)CC1.COCCN1CCC(NC(=O)OC(C)(C)C)CC1.O=C(C(=O)C(F)(F)F)C(F)(F)F. The van der Waals surface area contributed by atoms with Crippen molar-refractivity contribution in [3.05, 3.63) is 0 Å². The van der Waals surface area contributed by atoms with Gasteiger partial charge in [0.25, 0.3) is 0 Å². The second kappa shape index (κ2) is 39.0. The maximum Gasteiger partial charge on any atom is 0.458 e. The summed E-state index contributed by atoms with van der Waals surface area (Å²) in [5.74, 6) is -6.81. The van der Waals surface area contributed by atoms with Crippen molar-refractivity contribution in [3.63, 3.8) is 0 Å². The van der Waals surface area contributed by atoms with E-state index in [0.29, 0.717) is 12.1 Å². The van der Waals surface area contributed by atoms with Gasteiger partial charge in [-0.3, -0.25) is 9.59 Å². The molecule has 4 fully saturated rings. The van der Waals surface area contributed by atoms with E-state index in [1.165, 1.54) is 0 Å². The number of hydrogen-bond acceptors (Lipinski definition) is 16. The van der Waals surface area contributed by atoms with Gasteiger partial charge >= 0.3 is 36.1 Å². The van der Waals surface area contributed by atoms with Crippen LogP contribution in [0.15, 0.2) is 0 Å². The summed E-state index contributed by atoms with van der Waals surface area (Å²) in [5, 5.41) is 9.99. The fourth-order valence-electron chi connectivity index (χ4n) is 6.56. The van der Waals surface area contributed by atoms with Crippen molar-refractivity contribution in [1.82, 2.24) is 30.7 Å². The lowest BCUT2D eigenvalue weighted by molar-refractivity contribution is -0.193. The minimum atomic E-state index is -5.77. The lowest BCUT2D eigenvalue weighted by Gasteiger charge is -2.32. The summed E-state index contributed by atoms with van der Waals surface area (Å²) in [4.78, 5) is 49.4. The summed E-state index contributed by atoms with van der Waals surface area (Å²) >= 11 is 3.18. The number of Topliss-reactive ketones (excluding diaryl/α,β-unsaturated/α-hetero) is 2. The predicted octanol–water partition coefficient (Wildman–Crippen LogP) is 5.27. The Morgan fingerprint density at radius 2 is 0.803 bits per heavy atom. The van der Waals surface area contributed by atoms with E-state index in [1.54, 1.807) is 28.4 Å². The number of nitrogens with one attached hydrogen (secondary N) is 3. The number of carbonyl (C=O) groups is 4. The zero-order chi connectivity index (χ0) is 54.7. The molecule has 4 saturated heterocycles. The zero-order valence-electron chi connectivity index (χ0n) is 44.0. The molecule has 0 spiro atoms.